The molecule has 0 unspecified atom stereocenters. The number of carbonyl (C=O) groups is 1. The van der Waals surface area contributed by atoms with Gasteiger partial charge in [0.2, 0.25) is 0 Å². The Morgan fingerprint density at radius 2 is 1.65 bits per heavy atom. The van der Waals surface area contributed by atoms with E-state index in [1.807, 2.05) is 0 Å². The predicted molar refractivity (Wildman–Crippen MR) is 116 cm³/mol. The van der Waals surface area contributed by atoms with Crippen LogP contribution in [0.2, 0.25) is 5.02 Å². The Hall–Kier alpha value is -3.43. The summed E-state index contributed by atoms with van der Waals surface area (Å²) in [7, 11) is -2.89. The quantitative estimate of drug-likeness (QED) is 0.393. The van der Waals surface area contributed by atoms with Crippen molar-refractivity contribution in [2.75, 3.05) is 11.4 Å². The van der Waals surface area contributed by atoms with E-state index in [9.17, 15) is 23.3 Å². The fraction of sp³-hybridized carbons (Fsp3) is 0.0952. The van der Waals surface area contributed by atoms with Crippen LogP contribution in [-0.4, -0.2) is 26.4 Å². The lowest BCUT2D eigenvalue weighted by Gasteiger charge is -2.23. The molecule has 3 aromatic carbocycles. The van der Waals surface area contributed by atoms with Crippen LogP contribution in [0.15, 0.2) is 71.6 Å². The number of aryl methyl sites for hydroxylation is 1. The first kappa shape index (κ1) is 22.3. The average Bonchev–Trinajstić information content (AvgIpc) is 2.74. The van der Waals surface area contributed by atoms with Gasteiger partial charge in [-0.05, 0) is 55.5 Å². The van der Waals surface area contributed by atoms with Gasteiger partial charge in [-0.25, -0.2) is 8.42 Å². The number of methoxy groups -OCH3 is 1. The molecule has 31 heavy (non-hydrogen) atoms. The summed E-state index contributed by atoms with van der Waals surface area (Å²) in [6, 6.07) is 15.2. The molecule has 1 amide bonds. The average molecular weight is 461 g/mol. The van der Waals surface area contributed by atoms with Crippen LogP contribution < -0.4 is 9.04 Å². The number of rotatable bonds is 6. The fourth-order valence-corrected chi connectivity index (χ4v) is 4.40. The van der Waals surface area contributed by atoms with Crippen LogP contribution in [0.1, 0.15) is 15.9 Å². The van der Waals surface area contributed by atoms with Gasteiger partial charge in [-0.15, -0.1) is 0 Å². The predicted octanol–water partition coefficient (Wildman–Crippen LogP) is 4.60. The van der Waals surface area contributed by atoms with Gasteiger partial charge in [-0.1, -0.05) is 29.3 Å². The van der Waals surface area contributed by atoms with E-state index in [4.69, 9.17) is 16.3 Å². The lowest BCUT2D eigenvalue weighted by molar-refractivity contribution is -0.384. The SMILES string of the molecule is COc1ccc(N(C(=O)c2ccc(Cl)c([N+](=O)[O-])c2)S(=O)(=O)c2ccc(C)cc2)cc1. The summed E-state index contributed by atoms with van der Waals surface area (Å²) in [6.45, 7) is 1.80. The number of ether oxygens (including phenoxy) is 1. The Labute approximate surface area is 183 Å². The Bertz CT molecular complexity index is 1240. The summed E-state index contributed by atoms with van der Waals surface area (Å²) in [5, 5.41) is 11.1. The summed E-state index contributed by atoms with van der Waals surface area (Å²) >= 11 is 5.83. The molecule has 0 saturated carbocycles. The third kappa shape index (κ3) is 4.52. The van der Waals surface area contributed by atoms with Crippen LogP contribution in [0.25, 0.3) is 0 Å². The second-order valence-electron chi connectivity index (χ2n) is 6.51. The summed E-state index contributed by atoms with van der Waals surface area (Å²) in [5.41, 5.74) is 0.177. The van der Waals surface area contributed by atoms with Crippen molar-refractivity contribution in [3.63, 3.8) is 0 Å². The van der Waals surface area contributed by atoms with Crippen LogP contribution >= 0.6 is 11.6 Å². The lowest BCUT2D eigenvalue weighted by Crippen LogP contribution is -2.37. The minimum atomic E-state index is -4.34. The summed E-state index contributed by atoms with van der Waals surface area (Å²) in [6.07, 6.45) is 0. The highest BCUT2D eigenvalue weighted by molar-refractivity contribution is 7.93. The lowest BCUT2D eigenvalue weighted by atomic mass is 10.2. The highest BCUT2D eigenvalue weighted by Crippen LogP contribution is 2.30. The van der Waals surface area contributed by atoms with Crippen LogP contribution in [-0.2, 0) is 10.0 Å². The zero-order valence-electron chi connectivity index (χ0n) is 16.5. The maximum atomic E-state index is 13.4. The number of nitro benzene ring substituents is 1. The minimum Gasteiger partial charge on any atom is -0.497 e. The molecule has 3 aromatic rings. The van der Waals surface area contributed by atoms with Crippen LogP contribution in [0.3, 0.4) is 0 Å². The van der Waals surface area contributed by atoms with E-state index in [1.165, 1.54) is 55.6 Å². The zero-order valence-corrected chi connectivity index (χ0v) is 18.1. The minimum absolute atomic E-state index is 0.0454. The van der Waals surface area contributed by atoms with Crippen LogP contribution in [0, 0.1) is 17.0 Å². The normalized spacial score (nSPS) is 11.1. The number of nitro groups is 1. The van der Waals surface area contributed by atoms with Gasteiger partial charge in [0.1, 0.15) is 10.8 Å². The standard InChI is InChI=1S/C21H17ClN2O6S/c1-14-3-10-18(11-4-14)31(28,29)23(16-6-8-17(30-2)9-7-16)21(25)15-5-12-19(22)20(13-15)24(26)27/h3-13H,1-2H3. The third-order valence-electron chi connectivity index (χ3n) is 4.44. The number of hydrogen-bond donors (Lipinski definition) is 0. The molecule has 0 atom stereocenters. The first-order valence-electron chi connectivity index (χ1n) is 8.89. The Kier molecular flexibility index (Phi) is 6.28. The van der Waals surface area contributed by atoms with Gasteiger partial charge in [0, 0.05) is 11.6 Å². The molecule has 0 spiro atoms. The first-order valence-corrected chi connectivity index (χ1v) is 10.7. The molecule has 10 heteroatoms. The first-order chi connectivity index (χ1) is 14.6. The molecule has 0 bridgehead atoms. The molecule has 0 aliphatic rings. The van der Waals surface area contributed by atoms with Gasteiger partial charge in [-0.3, -0.25) is 14.9 Å². The Balaban J connectivity index is 2.18. The molecular formula is C21H17ClN2O6S. The van der Waals surface area contributed by atoms with Crippen LogP contribution in [0.5, 0.6) is 5.75 Å². The van der Waals surface area contributed by atoms with Crippen molar-refractivity contribution in [1.29, 1.82) is 0 Å². The number of anilines is 1. The van der Waals surface area contributed by atoms with Gasteiger partial charge >= 0.3 is 0 Å². The molecule has 0 aliphatic carbocycles. The van der Waals surface area contributed by atoms with Crippen molar-refractivity contribution in [1.82, 2.24) is 0 Å². The molecule has 0 aliphatic heterocycles. The monoisotopic (exact) mass is 460 g/mol. The van der Waals surface area contributed by atoms with Crippen molar-refractivity contribution in [3.05, 3.63) is 93.0 Å². The smallest absolute Gasteiger partial charge is 0.288 e. The maximum Gasteiger partial charge on any atom is 0.288 e. The molecule has 160 valence electrons. The largest absolute Gasteiger partial charge is 0.497 e. The molecule has 0 N–H and O–H groups in total. The maximum absolute atomic E-state index is 13.4. The number of sulfonamides is 1. The summed E-state index contributed by atoms with van der Waals surface area (Å²) in [4.78, 5) is 23.7. The molecule has 0 heterocycles. The van der Waals surface area contributed by atoms with Crippen LogP contribution in [0.4, 0.5) is 11.4 Å². The second kappa shape index (κ2) is 8.75. The summed E-state index contributed by atoms with van der Waals surface area (Å²) < 4.78 is 32.5. The van der Waals surface area contributed by atoms with E-state index in [2.05, 4.69) is 0 Å². The number of halogens is 1. The fourth-order valence-electron chi connectivity index (χ4n) is 2.80. The second-order valence-corrected chi connectivity index (χ2v) is 8.70. The van der Waals surface area contributed by atoms with E-state index < -0.39 is 26.5 Å². The van der Waals surface area contributed by atoms with E-state index in [0.29, 0.717) is 10.1 Å². The highest BCUT2D eigenvalue weighted by atomic mass is 35.5. The zero-order chi connectivity index (χ0) is 22.8. The topological polar surface area (TPSA) is 107 Å². The van der Waals surface area contributed by atoms with E-state index in [-0.39, 0.29) is 21.2 Å². The molecule has 0 radical (unpaired) electrons. The summed E-state index contributed by atoms with van der Waals surface area (Å²) in [5.74, 6) is -0.503. The van der Waals surface area contributed by atoms with Crippen molar-refractivity contribution in [3.8, 4) is 5.75 Å². The number of benzene rings is 3. The number of nitrogens with zero attached hydrogens (tertiary/aromatic N) is 2. The van der Waals surface area contributed by atoms with Crippen molar-refractivity contribution in [2.45, 2.75) is 11.8 Å². The molecule has 3 rings (SSSR count). The van der Waals surface area contributed by atoms with Gasteiger partial charge in [0.15, 0.2) is 0 Å². The van der Waals surface area contributed by atoms with E-state index in [0.717, 1.165) is 11.6 Å². The molecule has 0 saturated heterocycles. The van der Waals surface area contributed by atoms with Crippen molar-refractivity contribution >= 4 is 38.9 Å². The molecule has 0 aromatic heterocycles. The van der Waals surface area contributed by atoms with Crippen molar-refractivity contribution in [2.24, 2.45) is 0 Å². The van der Waals surface area contributed by atoms with Crippen molar-refractivity contribution < 1.29 is 22.9 Å². The van der Waals surface area contributed by atoms with E-state index >= 15 is 0 Å². The van der Waals surface area contributed by atoms with Gasteiger partial charge < -0.3 is 4.74 Å². The number of amides is 1. The molecule has 8 nitrogen and oxygen atoms in total. The van der Waals surface area contributed by atoms with E-state index in [1.54, 1.807) is 19.1 Å². The highest BCUT2D eigenvalue weighted by Gasteiger charge is 2.33. The molecule has 0 fully saturated rings. The number of hydrogen-bond acceptors (Lipinski definition) is 6. The van der Waals surface area contributed by atoms with Gasteiger partial charge in [0.05, 0.1) is 22.6 Å². The third-order valence-corrected chi connectivity index (χ3v) is 6.49. The molecular weight excluding hydrogens is 444 g/mol. The van der Waals surface area contributed by atoms with Gasteiger partial charge in [0.25, 0.3) is 21.6 Å². The van der Waals surface area contributed by atoms with Gasteiger partial charge in [-0.2, -0.15) is 4.31 Å². The Morgan fingerprint density at radius 3 is 2.19 bits per heavy atom. The number of carbonyl (C=O) groups excluding carboxylic acids is 1. The Morgan fingerprint density at radius 1 is 1.03 bits per heavy atom.